The fourth-order valence-electron chi connectivity index (χ4n) is 2.25. The predicted molar refractivity (Wildman–Crippen MR) is 86.9 cm³/mol. The van der Waals surface area contributed by atoms with Crippen LogP contribution in [-0.2, 0) is 0 Å². The van der Waals surface area contributed by atoms with Crippen molar-refractivity contribution in [2.24, 2.45) is 5.10 Å². The van der Waals surface area contributed by atoms with Crippen molar-refractivity contribution < 1.29 is 8.78 Å². The molecule has 1 aromatic carbocycles. The fourth-order valence-corrected chi connectivity index (χ4v) is 3.12. The molecule has 24 heavy (non-hydrogen) atoms. The first-order valence-electron chi connectivity index (χ1n) is 7.02. The summed E-state index contributed by atoms with van der Waals surface area (Å²) in [5.41, 5.74) is 2.84. The monoisotopic (exact) mass is 344 g/mol. The van der Waals surface area contributed by atoms with Crippen molar-refractivity contribution in [3.63, 3.8) is 0 Å². The molecule has 0 saturated heterocycles. The summed E-state index contributed by atoms with van der Waals surface area (Å²) in [5, 5.41) is 11.7. The molecule has 4 rings (SSSR count). The molecule has 120 valence electrons. The van der Waals surface area contributed by atoms with Crippen LogP contribution in [0.25, 0.3) is 17.1 Å². The molecule has 6 nitrogen and oxygen atoms in total. The third kappa shape index (κ3) is 2.56. The van der Waals surface area contributed by atoms with Gasteiger partial charge in [-0.25, -0.2) is 13.8 Å². The zero-order valence-corrected chi connectivity index (χ0v) is 13.2. The molecule has 3 heterocycles. The van der Waals surface area contributed by atoms with Crippen LogP contribution in [-0.4, -0.2) is 30.6 Å². The van der Waals surface area contributed by atoms with Gasteiger partial charge in [-0.3, -0.25) is 4.98 Å². The molecule has 0 saturated carbocycles. The molecule has 0 fully saturated rings. The third-order valence-corrected chi connectivity index (χ3v) is 4.46. The zero-order chi connectivity index (χ0) is 16.7. The average molecular weight is 344 g/mol. The van der Waals surface area contributed by atoms with Crippen LogP contribution in [0, 0.1) is 0 Å². The number of rotatable bonds is 2. The van der Waals surface area contributed by atoms with Gasteiger partial charge in [0.15, 0.2) is 0 Å². The number of nitrogens with zero attached hydrogens (tertiary/aromatic N) is 6. The van der Waals surface area contributed by atoms with E-state index in [1.54, 1.807) is 13.1 Å². The topological polar surface area (TPSA) is 68.8 Å². The number of alkyl halides is 2. The molecule has 0 amide bonds. The largest absolute Gasteiger partial charge is 0.299 e. The van der Waals surface area contributed by atoms with Crippen molar-refractivity contribution in [3.05, 3.63) is 46.9 Å². The molecule has 9 heteroatoms. The fraction of sp³-hybridized carbons (Fsp3) is 0.133. The minimum Gasteiger partial charge on any atom is -0.252 e. The first-order valence-corrected chi connectivity index (χ1v) is 7.84. The standard InChI is InChI=1S/C15H10F2N6S/c1-8-12(24-15-21-20-14(13(16)17)23(15)22-8)6-9-7-18-10-4-2-3-5-11(10)19-9/h2-7,13H,1H3/b12-6-. The lowest BCUT2D eigenvalue weighted by atomic mass is 10.2. The van der Waals surface area contributed by atoms with Crippen LogP contribution in [0.15, 0.2) is 45.6 Å². The average Bonchev–Trinajstić information content (AvgIpc) is 2.98. The molecule has 0 bridgehead atoms. The highest BCUT2D eigenvalue weighted by Crippen LogP contribution is 2.34. The summed E-state index contributed by atoms with van der Waals surface area (Å²) in [6, 6.07) is 7.56. The lowest BCUT2D eigenvalue weighted by molar-refractivity contribution is 0.135. The molecule has 3 aromatic rings. The van der Waals surface area contributed by atoms with Crippen molar-refractivity contribution in [3.8, 4) is 0 Å². The Kier molecular flexibility index (Phi) is 3.57. The lowest BCUT2D eigenvalue weighted by Gasteiger charge is -2.13. The van der Waals surface area contributed by atoms with E-state index in [1.165, 1.54) is 11.8 Å². The Morgan fingerprint density at radius 1 is 1.17 bits per heavy atom. The van der Waals surface area contributed by atoms with E-state index in [0.29, 0.717) is 16.6 Å². The summed E-state index contributed by atoms with van der Waals surface area (Å²) < 4.78 is 26.8. The normalized spacial score (nSPS) is 15.8. The number of aromatic nitrogens is 5. The first kappa shape index (κ1) is 14.9. The van der Waals surface area contributed by atoms with E-state index in [0.717, 1.165) is 20.6 Å². The third-order valence-electron chi connectivity index (χ3n) is 3.39. The highest BCUT2D eigenvalue weighted by atomic mass is 32.2. The van der Waals surface area contributed by atoms with Crippen LogP contribution in [0.5, 0.6) is 0 Å². The Morgan fingerprint density at radius 2 is 1.96 bits per heavy atom. The first-order chi connectivity index (χ1) is 11.6. The number of thioether (sulfide) groups is 1. The summed E-state index contributed by atoms with van der Waals surface area (Å²) in [5.74, 6) is -0.457. The summed E-state index contributed by atoms with van der Waals surface area (Å²) >= 11 is 1.22. The maximum absolute atomic E-state index is 12.9. The quantitative estimate of drug-likeness (QED) is 0.711. The van der Waals surface area contributed by atoms with Gasteiger partial charge >= 0.3 is 0 Å². The minimum atomic E-state index is -2.72. The maximum Gasteiger partial charge on any atom is 0.299 e. The lowest BCUT2D eigenvalue weighted by Crippen LogP contribution is -2.09. The molecular formula is C15H10F2N6S. The van der Waals surface area contributed by atoms with E-state index in [2.05, 4.69) is 25.3 Å². The van der Waals surface area contributed by atoms with E-state index in [4.69, 9.17) is 0 Å². The predicted octanol–water partition coefficient (Wildman–Crippen LogP) is 3.53. The van der Waals surface area contributed by atoms with Gasteiger partial charge in [-0.15, -0.1) is 10.2 Å². The van der Waals surface area contributed by atoms with E-state index in [9.17, 15) is 8.78 Å². The number of halogens is 2. The summed E-state index contributed by atoms with van der Waals surface area (Å²) in [4.78, 5) is 9.64. The van der Waals surface area contributed by atoms with Gasteiger partial charge in [0, 0.05) is 4.91 Å². The molecule has 0 N–H and O–H groups in total. The SMILES string of the molecule is CC1=Nn2c(nnc2C(F)F)S/C1=C\c1cnc2ccccc2n1. The number of benzene rings is 1. The number of fused-ring (bicyclic) bond motifs is 2. The van der Waals surface area contributed by atoms with E-state index < -0.39 is 12.2 Å². The Bertz CT molecular complexity index is 995. The molecule has 0 unspecified atom stereocenters. The molecule has 0 spiro atoms. The van der Waals surface area contributed by atoms with Gasteiger partial charge in [-0.1, -0.05) is 12.1 Å². The second-order valence-electron chi connectivity index (χ2n) is 5.03. The van der Waals surface area contributed by atoms with Crippen LogP contribution in [0.1, 0.15) is 24.9 Å². The van der Waals surface area contributed by atoms with E-state index in [1.807, 2.05) is 30.3 Å². The maximum atomic E-state index is 12.9. The Hall–Kier alpha value is -2.68. The summed E-state index contributed by atoms with van der Waals surface area (Å²) in [6.07, 6.45) is 0.747. The van der Waals surface area contributed by atoms with Gasteiger partial charge in [0.05, 0.1) is 28.6 Å². The number of allylic oxidation sites excluding steroid dienone is 1. The van der Waals surface area contributed by atoms with Gasteiger partial charge in [0.2, 0.25) is 11.0 Å². The highest BCUT2D eigenvalue weighted by molar-refractivity contribution is 8.04. The molecule has 0 aliphatic carbocycles. The molecular weight excluding hydrogens is 334 g/mol. The second kappa shape index (κ2) is 5.75. The van der Waals surface area contributed by atoms with Gasteiger partial charge in [-0.2, -0.15) is 9.78 Å². The minimum absolute atomic E-state index is 0.302. The van der Waals surface area contributed by atoms with Crippen LogP contribution in [0.2, 0.25) is 0 Å². The van der Waals surface area contributed by atoms with Crippen LogP contribution in [0.3, 0.4) is 0 Å². The number of hydrogen-bond acceptors (Lipinski definition) is 6. The van der Waals surface area contributed by atoms with Crippen LogP contribution < -0.4 is 0 Å². The zero-order valence-electron chi connectivity index (χ0n) is 12.4. The van der Waals surface area contributed by atoms with Crippen molar-refractivity contribution in [2.45, 2.75) is 18.5 Å². The van der Waals surface area contributed by atoms with Crippen LogP contribution in [0.4, 0.5) is 8.78 Å². The van der Waals surface area contributed by atoms with Gasteiger partial charge < -0.3 is 0 Å². The Morgan fingerprint density at radius 3 is 2.75 bits per heavy atom. The van der Waals surface area contributed by atoms with Gasteiger partial charge in [0.1, 0.15) is 0 Å². The second-order valence-corrected chi connectivity index (χ2v) is 6.04. The van der Waals surface area contributed by atoms with Crippen molar-refractivity contribution >= 4 is 34.6 Å². The Balaban J connectivity index is 1.73. The molecule has 0 atom stereocenters. The molecule has 1 aliphatic rings. The van der Waals surface area contributed by atoms with E-state index >= 15 is 0 Å². The van der Waals surface area contributed by atoms with E-state index in [-0.39, 0.29) is 0 Å². The van der Waals surface area contributed by atoms with Gasteiger partial charge in [0.25, 0.3) is 6.43 Å². The molecule has 0 radical (unpaired) electrons. The smallest absolute Gasteiger partial charge is 0.252 e. The molecule has 2 aromatic heterocycles. The van der Waals surface area contributed by atoms with Crippen molar-refractivity contribution in [1.82, 2.24) is 24.8 Å². The van der Waals surface area contributed by atoms with Crippen molar-refractivity contribution in [1.29, 1.82) is 0 Å². The molecule has 1 aliphatic heterocycles. The summed E-state index contributed by atoms with van der Waals surface area (Å²) in [6.45, 7) is 1.74. The Labute approximate surface area is 139 Å². The number of hydrogen-bond donors (Lipinski definition) is 0. The number of para-hydroxylation sites is 2. The van der Waals surface area contributed by atoms with Crippen molar-refractivity contribution in [2.75, 3.05) is 0 Å². The van der Waals surface area contributed by atoms with Crippen LogP contribution >= 0.6 is 11.8 Å². The van der Waals surface area contributed by atoms with Gasteiger partial charge in [-0.05, 0) is 36.9 Å². The summed E-state index contributed by atoms with van der Waals surface area (Å²) in [7, 11) is 0. The highest BCUT2D eigenvalue weighted by Gasteiger charge is 2.25.